The summed E-state index contributed by atoms with van der Waals surface area (Å²) < 4.78 is 2.20. The monoisotopic (exact) mass is 258 g/mol. The molecule has 1 saturated heterocycles. The van der Waals surface area contributed by atoms with E-state index in [2.05, 4.69) is 50.9 Å². The summed E-state index contributed by atoms with van der Waals surface area (Å²) in [7, 11) is 0. The molecule has 4 nitrogen and oxygen atoms in total. The molecule has 0 amide bonds. The smallest absolute Gasteiger partial charge is 0.138 e. The fourth-order valence-electron chi connectivity index (χ4n) is 2.99. The van der Waals surface area contributed by atoms with Crippen LogP contribution in [0, 0.1) is 0 Å². The first-order valence-electron chi connectivity index (χ1n) is 7.29. The molecule has 1 unspecified atom stereocenters. The average molecular weight is 258 g/mol. The second kappa shape index (κ2) is 5.61. The van der Waals surface area contributed by atoms with Crippen molar-refractivity contribution in [1.82, 2.24) is 14.7 Å². The van der Waals surface area contributed by atoms with Crippen LogP contribution >= 0.6 is 0 Å². The number of likely N-dealkylation sites (N-methyl/N-ethyl adjacent to an activating group) is 1. The molecule has 3 heterocycles. The lowest BCUT2D eigenvalue weighted by molar-refractivity contribution is 0.435. The number of anilines is 1. The van der Waals surface area contributed by atoms with Crippen LogP contribution in [0.3, 0.4) is 0 Å². The largest absolute Gasteiger partial charge is 0.353 e. The highest BCUT2D eigenvalue weighted by atomic mass is 15.3. The quantitative estimate of drug-likeness (QED) is 0.913. The van der Waals surface area contributed by atoms with Gasteiger partial charge in [-0.3, -0.25) is 4.40 Å². The van der Waals surface area contributed by atoms with Gasteiger partial charge in [-0.15, -0.1) is 0 Å². The van der Waals surface area contributed by atoms with Crippen molar-refractivity contribution in [2.24, 2.45) is 0 Å². The van der Waals surface area contributed by atoms with Crippen LogP contribution in [0.1, 0.15) is 26.2 Å². The molecule has 4 heteroatoms. The Morgan fingerprint density at radius 3 is 3.21 bits per heavy atom. The van der Waals surface area contributed by atoms with Crippen LogP contribution in [-0.4, -0.2) is 35.1 Å². The maximum absolute atomic E-state index is 4.38. The number of hydrogen-bond acceptors (Lipinski definition) is 3. The van der Waals surface area contributed by atoms with E-state index in [4.69, 9.17) is 0 Å². The number of nitrogens with one attached hydrogen (secondary N) is 1. The Morgan fingerprint density at radius 1 is 1.37 bits per heavy atom. The number of imidazole rings is 1. The zero-order chi connectivity index (χ0) is 13.1. The number of piperidine rings is 1. The second-order valence-electron chi connectivity index (χ2n) is 5.19. The van der Waals surface area contributed by atoms with E-state index < -0.39 is 0 Å². The van der Waals surface area contributed by atoms with Gasteiger partial charge in [-0.1, -0.05) is 13.0 Å². The van der Waals surface area contributed by atoms with Crippen LogP contribution in [-0.2, 0) is 0 Å². The predicted octanol–water partition coefficient (Wildman–Crippen LogP) is 2.30. The molecule has 1 atom stereocenters. The number of pyridine rings is 1. The van der Waals surface area contributed by atoms with E-state index in [1.165, 1.54) is 25.1 Å². The molecule has 1 N–H and O–H groups in total. The first kappa shape index (κ1) is 12.5. The minimum absolute atomic E-state index is 0.599. The topological polar surface area (TPSA) is 32.6 Å². The predicted molar refractivity (Wildman–Crippen MR) is 78.7 cm³/mol. The number of nitrogens with zero attached hydrogens (tertiary/aromatic N) is 3. The van der Waals surface area contributed by atoms with Crippen molar-refractivity contribution < 1.29 is 0 Å². The Bertz CT molecular complexity index is 534. The summed E-state index contributed by atoms with van der Waals surface area (Å²) in [6, 6.07) is 6.98. The van der Waals surface area contributed by atoms with Gasteiger partial charge in [-0.25, -0.2) is 4.98 Å². The third-order valence-electron chi connectivity index (χ3n) is 3.96. The van der Waals surface area contributed by atoms with Gasteiger partial charge in [0, 0.05) is 31.5 Å². The SMILES string of the molecule is CCNCC1CCCCN1c1cccc2nccn12. The van der Waals surface area contributed by atoms with Crippen molar-refractivity contribution >= 4 is 11.5 Å². The molecule has 0 bridgehead atoms. The Balaban J connectivity index is 1.91. The highest BCUT2D eigenvalue weighted by Crippen LogP contribution is 2.25. The molecular weight excluding hydrogens is 236 g/mol. The molecule has 1 fully saturated rings. The maximum atomic E-state index is 4.38. The number of hydrogen-bond donors (Lipinski definition) is 1. The summed E-state index contributed by atoms with van der Waals surface area (Å²) in [5.74, 6) is 1.28. The summed E-state index contributed by atoms with van der Waals surface area (Å²) >= 11 is 0. The average Bonchev–Trinajstić information content (AvgIpc) is 2.94. The molecule has 3 rings (SSSR count). The molecule has 2 aromatic heterocycles. The van der Waals surface area contributed by atoms with Crippen LogP contribution < -0.4 is 10.2 Å². The van der Waals surface area contributed by atoms with Gasteiger partial charge in [-0.05, 0) is 37.9 Å². The molecule has 1 aliphatic rings. The normalized spacial score (nSPS) is 20.1. The lowest BCUT2D eigenvalue weighted by Gasteiger charge is -2.37. The van der Waals surface area contributed by atoms with Gasteiger partial charge in [0.25, 0.3) is 0 Å². The molecule has 19 heavy (non-hydrogen) atoms. The zero-order valence-electron chi connectivity index (χ0n) is 11.5. The Morgan fingerprint density at radius 2 is 2.32 bits per heavy atom. The molecular formula is C15H22N4. The Kier molecular flexibility index (Phi) is 3.69. The summed E-state index contributed by atoms with van der Waals surface area (Å²) in [5.41, 5.74) is 1.03. The van der Waals surface area contributed by atoms with Crippen LogP contribution in [0.5, 0.6) is 0 Å². The van der Waals surface area contributed by atoms with Gasteiger partial charge in [0.2, 0.25) is 0 Å². The van der Waals surface area contributed by atoms with Crippen molar-refractivity contribution in [1.29, 1.82) is 0 Å². The molecule has 2 aromatic rings. The van der Waals surface area contributed by atoms with E-state index in [0.717, 1.165) is 25.3 Å². The highest BCUT2D eigenvalue weighted by molar-refractivity contribution is 5.52. The van der Waals surface area contributed by atoms with Crippen molar-refractivity contribution in [2.45, 2.75) is 32.2 Å². The Hall–Kier alpha value is -1.55. The van der Waals surface area contributed by atoms with Gasteiger partial charge >= 0.3 is 0 Å². The minimum atomic E-state index is 0.599. The van der Waals surface area contributed by atoms with Crippen molar-refractivity contribution in [3.05, 3.63) is 30.6 Å². The van der Waals surface area contributed by atoms with E-state index in [1.807, 2.05) is 6.20 Å². The summed E-state index contributed by atoms with van der Waals surface area (Å²) in [6.45, 7) is 5.43. The van der Waals surface area contributed by atoms with Crippen LogP contribution in [0.4, 0.5) is 5.82 Å². The van der Waals surface area contributed by atoms with Crippen LogP contribution in [0.25, 0.3) is 5.65 Å². The zero-order valence-corrected chi connectivity index (χ0v) is 11.5. The van der Waals surface area contributed by atoms with Crippen molar-refractivity contribution in [3.8, 4) is 0 Å². The number of rotatable bonds is 4. The minimum Gasteiger partial charge on any atom is -0.353 e. The standard InChI is InChI=1S/C15H22N4/c1-2-16-12-13-6-3-4-10-18(13)15-8-5-7-14-17-9-11-19(14)15/h5,7-9,11,13,16H,2-4,6,10,12H2,1H3. The van der Waals surface area contributed by atoms with E-state index in [-0.39, 0.29) is 0 Å². The maximum Gasteiger partial charge on any atom is 0.138 e. The third-order valence-corrected chi connectivity index (χ3v) is 3.96. The first-order chi connectivity index (χ1) is 9.40. The summed E-state index contributed by atoms with van der Waals surface area (Å²) in [5, 5.41) is 3.49. The van der Waals surface area contributed by atoms with Crippen LogP contribution in [0.15, 0.2) is 30.6 Å². The van der Waals surface area contributed by atoms with E-state index >= 15 is 0 Å². The Labute approximate surface area is 114 Å². The lowest BCUT2D eigenvalue weighted by Crippen LogP contribution is -2.46. The number of fused-ring (bicyclic) bond motifs is 1. The summed E-state index contributed by atoms with van der Waals surface area (Å²) in [4.78, 5) is 6.92. The third kappa shape index (κ3) is 2.45. The highest BCUT2D eigenvalue weighted by Gasteiger charge is 2.23. The van der Waals surface area contributed by atoms with Crippen molar-refractivity contribution in [3.63, 3.8) is 0 Å². The molecule has 0 radical (unpaired) electrons. The molecule has 102 valence electrons. The molecule has 0 aromatic carbocycles. The van der Waals surface area contributed by atoms with E-state index in [1.54, 1.807) is 0 Å². The molecule has 0 saturated carbocycles. The first-order valence-corrected chi connectivity index (χ1v) is 7.29. The van der Waals surface area contributed by atoms with Gasteiger partial charge in [-0.2, -0.15) is 0 Å². The van der Waals surface area contributed by atoms with Gasteiger partial charge in [0.15, 0.2) is 0 Å². The fourth-order valence-corrected chi connectivity index (χ4v) is 2.99. The van der Waals surface area contributed by atoms with E-state index in [0.29, 0.717) is 6.04 Å². The van der Waals surface area contributed by atoms with Crippen molar-refractivity contribution in [2.75, 3.05) is 24.5 Å². The van der Waals surface area contributed by atoms with Gasteiger partial charge in [0.1, 0.15) is 11.5 Å². The summed E-state index contributed by atoms with van der Waals surface area (Å²) in [6.07, 6.45) is 7.84. The molecule has 0 spiro atoms. The van der Waals surface area contributed by atoms with Crippen LogP contribution in [0.2, 0.25) is 0 Å². The van der Waals surface area contributed by atoms with E-state index in [9.17, 15) is 0 Å². The van der Waals surface area contributed by atoms with Gasteiger partial charge in [0.05, 0.1) is 0 Å². The number of aromatic nitrogens is 2. The second-order valence-corrected chi connectivity index (χ2v) is 5.19. The molecule has 0 aliphatic carbocycles. The van der Waals surface area contributed by atoms with Gasteiger partial charge < -0.3 is 10.2 Å². The molecule has 1 aliphatic heterocycles. The lowest BCUT2D eigenvalue weighted by atomic mass is 10.0. The fraction of sp³-hybridized carbons (Fsp3) is 0.533.